The van der Waals surface area contributed by atoms with Crippen molar-refractivity contribution < 1.29 is 4.42 Å². The van der Waals surface area contributed by atoms with Gasteiger partial charge in [-0.15, -0.1) is 0 Å². The van der Waals surface area contributed by atoms with E-state index in [0.29, 0.717) is 17.5 Å². The summed E-state index contributed by atoms with van der Waals surface area (Å²) in [7, 11) is 0. The van der Waals surface area contributed by atoms with Crippen molar-refractivity contribution >= 4 is 43.7 Å². The monoisotopic (exact) mass is 640 g/mol. The average Bonchev–Trinajstić information content (AvgIpc) is 3.74. The molecule has 5 heteroatoms. The first-order valence-corrected chi connectivity index (χ1v) is 16.7. The summed E-state index contributed by atoms with van der Waals surface area (Å²) in [6, 6.07) is 58.6. The molecule has 0 spiro atoms. The summed E-state index contributed by atoms with van der Waals surface area (Å²) in [6.45, 7) is 0. The van der Waals surface area contributed by atoms with Crippen LogP contribution in [0.25, 0.3) is 94.7 Å². The molecule has 50 heavy (non-hydrogen) atoms. The summed E-state index contributed by atoms with van der Waals surface area (Å²) in [6.07, 6.45) is 0. The van der Waals surface area contributed by atoms with Crippen LogP contribution in [0.15, 0.2) is 174 Å². The molecule has 7 aromatic carbocycles. The minimum absolute atomic E-state index is 0.613. The molecule has 0 aliphatic carbocycles. The molecule has 0 radical (unpaired) electrons. The number of furan rings is 1. The maximum atomic E-state index is 6.39. The highest BCUT2D eigenvalue weighted by atomic mass is 16.3. The van der Waals surface area contributed by atoms with E-state index in [1.807, 2.05) is 72.8 Å². The van der Waals surface area contributed by atoms with Crippen molar-refractivity contribution in [1.29, 1.82) is 0 Å². The molecule has 0 unspecified atom stereocenters. The highest BCUT2D eigenvalue weighted by molar-refractivity contribution is 6.15. The fraction of sp³-hybridized carbons (Fsp3) is 0. The number of para-hydroxylation sites is 3. The number of fused-ring (bicyclic) bond motifs is 6. The molecule has 234 valence electrons. The molecule has 5 nitrogen and oxygen atoms in total. The van der Waals surface area contributed by atoms with E-state index in [4.69, 9.17) is 19.4 Å². The van der Waals surface area contributed by atoms with Gasteiger partial charge in [0.1, 0.15) is 11.2 Å². The minimum atomic E-state index is 0.613. The van der Waals surface area contributed by atoms with E-state index in [1.54, 1.807) is 0 Å². The molecule has 10 rings (SSSR count). The van der Waals surface area contributed by atoms with E-state index in [0.717, 1.165) is 55.4 Å². The van der Waals surface area contributed by atoms with E-state index in [2.05, 4.69) is 102 Å². The third kappa shape index (κ3) is 4.60. The lowest BCUT2D eigenvalue weighted by molar-refractivity contribution is 0.669. The molecule has 0 aliphatic heterocycles. The van der Waals surface area contributed by atoms with Gasteiger partial charge < -0.3 is 8.98 Å². The molecule has 3 aromatic heterocycles. The quantitative estimate of drug-likeness (QED) is 0.188. The van der Waals surface area contributed by atoms with E-state index >= 15 is 0 Å². The van der Waals surface area contributed by atoms with Crippen LogP contribution < -0.4 is 0 Å². The lowest BCUT2D eigenvalue weighted by Gasteiger charge is -2.12. The molecule has 3 heterocycles. The van der Waals surface area contributed by atoms with Crippen LogP contribution >= 0.6 is 0 Å². The van der Waals surface area contributed by atoms with Gasteiger partial charge in [0.2, 0.25) is 0 Å². The molecular formula is C45H28N4O. The Balaban J connectivity index is 1.17. The van der Waals surface area contributed by atoms with Gasteiger partial charge in [0, 0.05) is 49.5 Å². The summed E-state index contributed by atoms with van der Waals surface area (Å²) in [5.41, 5.74) is 10.2. The normalized spacial score (nSPS) is 11.6. The second kappa shape index (κ2) is 11.4. The van der Waals surface area contributed by atoms with E-state index in [-0.39, 0.29) is 0 Å². The number of benzene rings is 7. The Kier molecular flexibility index (Phi) is 6.42. The maximum absolute atomic E-state index is 6.39. The van der Waals surface area contributed by atoms with Crippen molar-refractivity contribution in [3.05, 3.63) is 170 Å². The van der Waals surface area contributed by atoms with Gasteiger partial charge in [0.25, 0.3) is 0 Å². The first kappa shape index (κ1) is 28.2. The lowest BCUT2D eigenvalue weighted by atomic mass is 9.99. The van der Waals surface area contributed by atoms with Crippen molar-refractivity contribution in [2.45, 2.75) is 0 Å². The van der Waals surface area contributed by atoms with Gasteiger partial charge in [-0.3, -0.25) is 0 Å². The molecule has 0 N–H and O–H groups in total. The van der Waals surface area contributed by atoms with Crippen LogP contribution in [0.2, 0.25) is 0 Å². The standard InChI is InChI=1S/C45H28N4O/c1-4-13-29(14-5-1)43-46-44(30-15-6-2-7-16-30)48-45(47-43)32-24-26-41-38(28-32)37-27-31(23-25-40(37)50-41)34-20-12-21-36-35-19-10-11-22-39(35)49(42(34)36)33-17-8-3-9-18-33/h1-28H. The SMILES string of the molecule is c1ccc(-c2nc(-c3ccccc3)nc(-c3ccc4oc5ccc(-c6cccc7c8ccccc8n(-c8ccccc8)c67)cc5c4c3)n2)cc1. The number of rotatable bonds is 5. The maximum Gasteiger partial charge on any atom is 0.164 e. The second-order valence-corrected chi connectivity index (χ2v) is 12.5. The van der Waals surface area contributed by atoms with Crippen molar-refractivity contribution in [1.82, 2.24) is 19.5 Å². The van der Waals surface area contributed by atoms with Crippen LogP contribution in [0.4, 0.5) is 0 Å². The van der Waals surface area contributed by atoms with E-state index < -0.39 is 0 Å². The molecule has 0 fully saturated rings. The Labute approximate surface area is 287 Å². The predicted octanol–water partition coefficient (Wildman–Crippen LogP) is 11.5. The molecule has 0 bridgehead atoms. The Morgan fingerprint density at radius 2 is 0.900 bits per heavy atom. The smallest absolute Gasteiger partial charge is 0.164 e. The van der Waals surface area contributed by atoms with Gasteiger partial charge in [-0.25, -0.2) is 15.0 Å². The Morgan fingerprint density at radius 1 is 0.380 bits per heavy atom. The zero-order chi connectivity index (χ0) is 33.0. The Bertz CT molecular complexity index is 2800. The largest absolute Gasteiger partial charge is 0.456 e. The predicted molar refractivity (Wildman–Crippen MR) is 203 cm³/mol. The van der Waals surface area contributed by atoms with Crippen molar-refractivity contribution in [3.63, 3.8) is 0 Å². The van der Waals surface area contributed by atoms with Gasteiger partial charge in [-0.05, 0) is 54.1 Å². The molecule has 0 saturated heterocycles. The van der Waals surface area contributed by atoms with Crippen LogP contribution in [0.5, 0.6) is 0 Å². The zero-order valence-electron chi connectivity index (χ0n) is 26.9. The minimum Gasteiger partial charge on any atom is -0.456 e. The van der Waals surface area contributed by atoms with Crippen molar-refractivity contribution in [2.24, 2.45) is 0 Å². The zero-order valence-corrected chi connectivity index (χ0v) is 26.9. The van der Waals surface area contributed by atoms with E-state index in [1.165, 1.54) is 21.8 Å². The number of hydrogen-bond acceptors (Lipinski definition) is 4. The number of nitrogens with zero attached hydrogens (tertiary/aromatic N) is 4. The summed E-state index contributed by atoms with van der Waals surface area (Å²) < 4.78 is 8.77. The third-order valence-electron chi connectivity index (χ3n) is 9.45. The molecule has 0 amide bonds. The van der Waals surface area contributed by atoms with Crippen molar-refractivity contribution in [3.8, 4) is 51.0 Å². The van der Waals surface area contributed by atoms with Gasteiger partial charge in [0.15, 0.2) is 17.5 Å². The highest BCUT2D eigenvalue weighted by Crippen LogP contribution is 2.40. The molecular weight excluding hydrogens is 613 g/mol. The van der Waals surface area contributed by atoms with E-state index in [9.17, 15) is 0 Å². The van der Waals surface area contributed by atoms with Crippen molar-refractivity contribution in [2.75, 3.05) is 0 Å². The molecule has 10 aromatic rings. The van der Waals surface area contributed by atoms with Gasteiger partial charge >= 0.3 is 0 Å². The number of aromatic nitrogens is 4. The second-order valence-electron chi connectivity index (χ2n) is 12.5. The fourth-order valence-electron chi connectivity index (χ4n) is 7.12. The topological polar surface area (TPSA) is 56.7 Å². The van der Waals surface area contributed by atoms with Gasteiger partial charge in [-0.1, -0.05) is 121 Å². The number of hydrogen-bond donors (Lipinski definition) is 0. The van der Waals surface area contributed by atoms with Crippen LogP contribution in [0, 0.1) is 0 Å². The molecule has 0 atom stereocenters. The van der Waals surface area contributed by atoms with Gasteiger partial charge in [-0.2, -0.15) is 0 Å². The molecule has 0 saturated carbocycles. The van der Waals surface area contributed by atoms with Crippen LogP contribution in [-0.2, 0) is 0 Å². The molecule has 0 aliphatic rings. The Hall–Kier alpha value is -6.85. The third-order valence-corrected chi connectivity index (χ3v) is 9.45. The fourth-order valence-corrected chi connectivity index (χ4v) is 7.12. The summed E-state index contributed by atoms with van der Waals surface area (Å²) in [5.74, 6) is 1.88. The van der Waals surface area contributed by atoms with Crippen LogP contribution in [0.1, 0.15) is 0 Å². The summed E-state index contributed by atoms with van der Waals surface area (Å²) >= 11 is 0. The van der Waals surface area contributed by atoms with Gasteiger partial charge in [0.05, 0.1) is 11.0 Å². The first-order chi connectivity index (χ1) is 24.8. The average molecular weight is 641 g/mol. The van der Waals surface area contributed by atoms with Crippen LogP contribution in [0.3, 0.4) is 0 Å². The Morgan fingerprint density at radius 3 is 1.56 bits per heavy atom. The van der Waals surface area contributed by atoms with Crippen LogP contribution in [-0.4, -0.2) is 19.5 Å². The first-order valence-electron chi connectivity index (χ1n) is 16.7. The summed E-state index contributed by atoms with van der Waals surface area (Å²) in [5, 5.41) is 4.51. The highest BCUT2D eigenvalue weighted by Gasteiger charge is 2.18. The summed E-state index contributed by atoms with van der Waals surface area (Å²) in [4.78, 5) is 14.8. The lowest BCUT2D eigenvalue weighted by Crippen LogP contribution is -2.00.